The molecule has 2 aromatic rings. The van der Waals surface area contributed by atoms with Crippen LogP contribution in [-0.4, -0.2) is 10.5 Å². The number of hydrogen-bond acceptors (Lipinski definition) is 2. The van der Waals surface area contributed by atoms with Crippen molar-refractivity contribution in [1.82, 2.24) is 4.57 Å². The van der Waals surface area contributed by atoms with Crippen molar-refractivity contribution in [1.29, 1.82) is 0 Å². The first-order valence-electron chi connectivity index (χ1n) is 6.99. The van der Waals surface area contributed by atoms with Crippen molar-refractivity contribution in [3.05, 3.63) is 27.5 Å². The van der Waals surface area contributed by atoms with Crippen molar-refractivity contribution in [2.75, 3.05) is 0 Å². The first-order valence-corrected chi connectivity index (χ1v) is 8.60. The second kappa shape index (κ2) is 5.82. The normalized spacial score (nSPS) is 17.8. The highest BCUT2D eigenvalue weighted by Gasteiger charge is 2.20. The first kappa shape index (κ1) is 14.0. The first-order chi connectivity index (χ1) is 9.66. The quantitative estimate of drug-likeness (QED) is 0.763. The Morgan fingerprint density at radius 3 is 2.80 bits per heavy atom. The predicted molar refractivity (Wildman–Crippen MR) is 85.6 cm³/mol. The molecule has 0 bridgehead atoms. The van der Waals surface area contributed by atoms with Gasteiger partial charge in [-0.15, -0.1) is 0 Å². The molecule has 1 saturated carbocycles. The van der Waals surface area contributed by atoms with Crippen LogP contribution in [0.15, 0.2) is 27.7 Å². The average molecular weight is 353 g/mol. The molecule has 106 valence electrons. The van der Waals surface area contributed by atoms with E-state index < -0.39 is 0 Å². The molecule has 1 aliphatic rings. The van der Waals surface area contributed by atoms with Gasteiger partial charge < -0.3 is 4.57 Å². The van der Waals surface area contributed by atoms with Crippen molar-refractivity contribution in [3.63, 3.8) is 0 Å². The third-order valence-corrected chi connectivity index (χ3v) is 5.67. The second-order valence-electron chi connectivity index (χ2n) is 5.32. The molecule has 3 rings (SSSR count). The minimum atomic E-state index is 0.0583. The summed E-state index contributed by atoms with van der Waals surface area (Å²) in [5.74, 6) is 0.195. The minimum absolute atomic E-state index is 0.0583. The fourth-order valence-corrected chi connectivity index (χ4v) is 4.61. The van der Waals surface area contributed by atoms with E-state index in [-0.39, 0.29) is 11.8 Å². The van der Waals surface area contributed by atoms with E-state index in [1.165, 1.54) is 6.42 Å². The van der Waals surface area contributed by atoms with Crippen LogP contribution < -0.4 is 4.80 Å². The van der Waals surface area contributed by atoms with E-state index in [0.29, 0.717) is 0 Å². The number of halogens is 1. The van der Waals surface area contributed by atoms with E-state index in [1.54, 1.807) is 11.3 Å². The van der Waals surface area contributed by atoms with Crippen LogP contribution in [0.2, 0.25) is 0 Å². The number of hydrogen-bond donors (Lipinski definition) is 0. The lowest BCUT2D eigenvalue weighted by molar-refractivity contribution is -0.122. The van der Waals surface area contributed by atoms with Crippen LogP contribution in [0.25, 0.3) is 10.2 Å². The van der Waals surface area contributed by atoms with Crippen molar-refractivity contribution >= 4 is 43.4 Å². The molecule has 1 fully saturated rings. The lowest BCUT2D eigenvalue weighted by Gasteiger charge is -2.17. The van der Waals surface area contributed by atoms with Gasteiger partial charge in [-0.2, -0.15) is 4.99 Å². The smallest absolute Gasteiger partial charge is 0.251 e. The summed E-state index contributed by atoms with van der Waals surface area (Å²) < 4.78 is 4.20. The van der Waals surface area contributed by atoms with Gasteiger partial charge >= 0.3 is 0 Å². The van der Waals surface area contributed by atoms with Gasteiger partial charge in [0.25, 0.3) is 5.91 Å². The summed E-state index contributed by atoms with van der Waals surface area (Å²) >= 11 is 5.14. The van der Waals surface area contributed by atoms with Gasteiger partial charge in [0.2, 0.25) is 0 Å². The largest absolute Gasteiger partial charge is 0.318 e. The Hall–Kier alpha value is -0.940. The number of rotatable bonds is 1. The van der Waals surface area contributed by atoms with E-state index in [9.17, 15) is 4.79 Å². The number of carbonyl (C=O) groups is 1. The van der Waals surface area contributed by atoms with Crippen LogP contribution >= 0.6 is 27.3 Å². The molecule has 0 spiro atoms. The molecule has 0 N–H and O–H groups in total. The maximum absolute atomic E-state index is 12.3. The van der Waals surface area contributed by atoms with E-state index in [1.807, 2.05) is 23.7 Å². The number of carbonyl (C=O) groups excluding carboxylic acids is 1. The Morgan fingerprint density at radius 1 is 1.35 bits per heavy atom. The Kier molecular flexibility index (Phi) is 4.08. The Morgan fingerprint density at radius 2 is 2.10 bits per heavy atom. The SMILES string of the molecule is Cn1c(=NC(=O)C2CCCCC2)sc2cccc(Br)c21. The zero-order valence-corrected chi connectivity index (χ0v) is 13.8. The molecular formula is C15H17BrN2OS. The molecule has 0 radical (unpaired) electrons. The maximum atomic E-state index is 12.3. The van der Waals surface area contributed by atoms with Gasteiger partial charge in [0.1, 0.15) is 0 Å². The Labute approximate surface area is 130 Å². The molecule has 0 unspecified atom stereocenters. The highest BCUT2D eigenvalue weighted by Crippen LogP contribution is 2.26. The summed E-state index contributed by atoms with van der Waals surface area (Å²) in [5, 5.41) is 0. The highest BCUT2D eigenvalue weighted by atomic mass is 79.9. The molecule has 0 atom stereocenters. The Bertz CT molecular complexity index is 710. The summed E-state index contributed by atoms with van der Waals surface area (Å²) in [6.45, 7) is 0. The lowest BCUT2D eigenvalue weighted by atomic mass is 9.89. The van der Waals surface area contributed by atoms with Gasteiger partial charge in [-0.3, -0.25) is 4.79 Å². The fourth-order valence-electron chi connectivity index (χ4n) is 2.80. The summed E-state index contributed by atoms with van der Waals surface area (Å²) in [6.07, 6.45) is 5.58. The van der Waals surface area contributed by atoms with E-state index >= 15 is 0 Å². The summed E-state index contributed by atoms with van der Waals surface area (Å²) in [5.41, 5.74) is 1.10. The zero-order valence-electron chi connectivity index (χ0n) is 11.4. The van der Waals surface area contributed by atoms with Crippen LogP contribution in [0.3, 0.4) is 0 Å². The molecule has 1 heterocycles. The van der Waals surface area contributed by atoms with Crippen molar-refractivity contribution in [2.45, 2.75) is 32.1 Å². The van der Waals surface area contributed by atoms with Crippen LogP contribution in [0.4, 0.5) is 0 Å². The molecule has 1 aromatic carbocycles. The van der Waals surface area contributed by atoms with Gasteiger partial charge in [-0.05, 0) is 40.9 Å². The van der Waals surface area contributed by atoms with Crippen LogP contribution in [0, 0.1) is 5.92 Å². The van der Waals surface area contributed by atoms with Crippen molar-refractivity contribution in [3.8, 4) is 0 Å². The highest BCUT2D eigenvalue weighted by molar-refractivity contribution is 9.10. The number of nitrogens with zero attached hydrogens (tertiary/aromatic N) is 2. The minimum Gasteiger partial charge on any atom is -0.318 e. The number of benzene rings is 1. The third-order valence-electron chi connectivity index (χ3n) is 3.93. The topological polar surface area (TPSA) is 34.4 Å². The monoisotopic (exact) mass is 352 g/mol. The summed E-state index contributed by atoms with van der Waals surface area (Å²) in [7, 11) is 1.97. The van der Waals surface area contributed by atoms with Gasteiger partial charge in [0.15, 0.2) is 4.80 Å². The standard InChI is InChI=1S/C15H17BrN2OS/c1-18-13-11(16)8-5-9-12(13)20-15(18)17-14(19)10-6-3-2-4-7-10/h5,8-10H,2-4,6-7H2,1H3. The molecule has 0 saturated heterocycles. The molecule has 5 heteroatoms. The molecule has 1 amide bonds. The summed E-state index contributed by atoms with van der Waals surface area (Å²) in [6, 6.07) is 6.09. The van der Waals surface area contributed by atoms with Crippen molar-refractivity contribution < 1.29 is 4.79 Å². The van der Waals surface area contributed by atoms with E-state index in [0.717, 1.165) is 45.2 Å². The molecule has 1 aliphatic carbocycles. The third kappa shape index (κ3) is 2.61. The molecule has 0 aliphatic heterocycles. The van der Waals surface area contributed by atoms with Crippen LogP contribution in [0.5, 0.6) is 0 Å². The molecular weight excluding hydrogens is 336 g/mol. The van der Waals surface area contributed by atoms with Crippen molar-refractivity contribution in [2.24, 2.45) is 18.0 Å². The predicted octanol–water partition coefficient (Wildman–Crippen LogP) is 4.01. The van der Waals surface area contributed by atoms with Gasteiger partial charge in [-0.25, -0.2) is 0 Å². The lowest BCUT2D eigenvalue weighted by Crippen LogP contribution is -2.20. The Balaban J connectivity index is 2.01. The zero-order chi connectivity index (χ0) is 14.1. The molecule has 1 aromatic heterocycles. The molecule has 20 heavy (non-hydrogen) atoms. The van der Waals surface area contributed by atoms with Gasteiger partial charge in [0, 0.05) is 17.4 Å². The van der Waals surface area contributed by atoms with E-state index in [4.69, 9.17) is 0 Å². The number of thiazole rings is 1. The average Bonchev–Trinajstić information content (AvgIpc) is 2.78. The van der Waals surface area contributed by atoms with Gasteiger partial charge in [-0.1, -0.05) is 36.7 Å². The van der Waals surface area contributed by atoms with Crippen LogP contribution in [0.1, 0.15) is 32.1 Å². The van der Waals surface area contributed by atoms with Crippen LogP contribution in [-0.2, 0) is 11.8 Å². The van der Waals surface area contributed by atoms with Gasteiger partial charge in [0.05, 0.1) is 10.2 Å². The second-order valence-corrected chi connectivity index (χ2v) is 7.18. The number of para-hydroxylation sites is 1. The summed E-state index contributed by atoms with van der Waals surface area (Å²) in [4.78, 5) is 17.5. The number of fused-ring (bicyclic) bond motifs is 1. The number of amides is 1. The van der Waals surface area contributed by atoms with E-state index in [2.05, 4.69) is 27.0 Å². The fraction of sp³-hybridized carbons (Fsp3) is 0.467. The number of aromatic nitrogens is 1. The molecule has 3 nitrogen and oxygen atoms in total. The maximum Gasteiger partial charge on any atom is 0.251 e. The number of aryl methyl sites for hydroxylation is 1.